The molecule has 2 aromatic heterocycles. The van der Waals surface area contributed by atoms with Crippen molar-refractivity contribution in [1.82, 2.24) is 20.2 Å². The van der Waals surface area contributed by atoms with E-state index in [9.17, 15) is 4.79 Å². The van der Waals surface area contributed by atoms with Crippen LogP contribution in [-0.4, -0.2) is 46.3 Å². The van der Waals surface area contributed by atoms with Gasteiger partial charge in [-0.2, -0.15) is 4.98 Å². The molecule has 0 aliphatic carbocycles. The van der Waals surface area contributed by atoms with Crippen LogP contribution in [0.25, 0.3) is 22.7 Å². The van der Waals surface area contributed by atoms with E-state index >= 15 is 0 Å². The summed E-state index contributed by atoms with van der Waals surface area (Å²) >= 11 is 0. The second-order valence-corrected chi connectivity index (χ2v) is 8.19. The van der Waals surface area contributed by atoms with E-state index in [2.05, 4.69) is 15.3 Å². The van der Waals surface area contributed by atoms with E-state index in [1.165, 1.54) is 5.56 Å². The molecule has 0 atom stereocenters. The highest BCUT2D eigenvalue weighted by molar-refractivity contribution is 5.93. The molecule has 0 N–H and O–H groups in total. The number of aromatic nitrogens is 3. The van der Waals surface area contributed by atoms with Gasteiger partial charge in [-0.25, -0.2) is 0 Å². The van der Waals surface area contributed by atoms with E-state index in [1.807, 2.05) is 55.5 Å². The first kappa shape index (κ1) is 20.9. The highest BCUT2D eigenvalue weighted by atomic mass is 16.5. The molecule has 2 aromatic carbocycles. The van der Waals surface area contributed by atoms with Gasteiger partial charge >= 0.3 is 0 Å². The second kappa shape index (κ2) is 8.90. The van der Waals surface area contributed by atoms with Crippen molar-refractivity contribution < 1.29 is 18.6 Å². The van der Waals surface area contributed by atoms with E-state index in [1.54, 1.807) is 18.1 Å². The van der Waals surface area contributed by atoms with E-state index in [0.717, 1.165) is 29.7 Å². The Morgan fingerprint density at radius 1 is 0.970 bits per heavy atom. The summed E-state index contributed by atoms with van der Waals surface area (Å²) in [6.45, 7) is 3.23. The number of likely N-dealkylation sites (tertiary alicyclic amines) is 1. The molecule has 1 fully saturated rings. The minimum Gasteiger partial charge on any atom is -0.497 e. The molecule has 0 saturated carbocycles. The van der Waals surface area contributed by atoms with Crippen molar-refractivity contribution in [3.8, 4) is 28.5 Å². The van der Waals surface area contributed by atoms with Crippen LogP contribution in [0, 0.1) is 6.92 Å². The van der Waals surface area contributed by atoms with Crippen molar-refractivity contribution in [2.45, 2.75) is 25.7 Å². The van der Waals surface area contributed by atoms with Gasteiger partial charge in [0.05, 0.1) is 7.11 Å². The van der Waals surface area contributed by atoms with Crippen molar-refractivity contribution in [2.24, 2.45) is 0 Å². The molecule has 1 saturated heterocycles. The van der Waals surface area contributed by atoms with Crippen LogP contribution in [0.15, 0.2) is 63.6 Å². The van der Waals surface area contributed by atoms with Crippen LogP contribution in [0.5, 0.6) is 5.75 Å². The van der Waals surface area contributed by atoms with Crippen molar-refractivity contribution in [1.29, 1.82) is 0 Å². The molecule has 1 amide bonds. The summed E-state index contributed by atoms with van der Waals surface area (Å²) in [4.78, 5) is 19.3. The summed E-state index contributed by atoms with van der Waals surface area (Å²) in [5.41, 5.74) is 3.25. The molecular weight excluding hydrogens is 420 g/mol. The summed E-state index contributed by atoms with van der Waals surface area (Å²) < 4.78 is 16.1. The third kappa shape index (κ3) is 4.37. The van der Waals surface area contributed by atoms with Crippen LogP contribution < -0.4 is 4.74 Å². The Morgan fingerprint density at radius 2 is 1.67 bits per heavy atom. The summed E-state index contributed by atoms with van der Waals surface area (Å²) in [5, 5.41) is 8.13. The summed E-state index contributed by atoms with van der Waals surface area (Å²) in [7, 11) is 1.62. The van der Waals surface area contributed by atoms with Gasteiger partial charge in [-0.1, -0.05) is 40.1 Å². The fraction of sp³-hybridized carbons (Fsp3) is 0.280. The molecule has 5 rings (SSSR count). The number of nitrogens with zero attached hydrogens (tertiary/aromatic N) is 4. The number of hydrogen-bond acceptors (Lipinski definition) is 7. The van der Waals surface area contributed by atoms with Gasteiger partial charge in [0.1, 0.15) is 5.75 Å². The topological polar surface area (TPSA) is 94.5 Å². The van der Waals surface area contributed by atoms with Crippen LogP contribution in [0.1, 0.15) is 40.7 Å². The summed E-state index contributed by atoms with van der Waals surface area (Å²) in [6.07, 6.45) is 1.51. The van der Waals surface area contributed by atoms with Crippen molar-refractivity contribution in [2.75, 3.05) is 20.2 Å². The summed E-state index contributed by atoms with van der Waals surface area (Å²) in [5.74, 6) is 2.52. The number of hydrogen-bond donors (Lipinski definition) is 0. The number of amides is 1. The zero-order valence-electron chi connectivity index (χ0n) is 18.5. The Hall–Kier alpha value is -3.94. The standard InChI is InChI=1S/C25H24N4O4/c1-16-3-5-18(6-4-16)23-26-24(33-28-23)19-11-13-29(14-12-19)25(30)21-15-22(32-27-21)17-7-9-20(31-2)10-8-17/h3-10,15,19H,11-14H2,1-2H3. The number of piperidine rings is 1. The minimum absolute atomic E-state index is 0.132. The molecule has 3 heterocycles. The Balaban J connectivity index is 1.21. The summed E-state index contributed by atoms with van der Waals surface area (Å²) in [6, 6.07) is 17.1. The molecule has 0 unspecified atom stereocenters. The maximum Gasteiger partial charge on any atom is 0.276 e. The maximum absolute atomic E-state index is 12.9. The molecule has 168 valence electrons. The van der Waals surface area contributed by atoms with Crippen LogP contribution in [0.2, 0.25) is 0 Å². The molecule has 8 nitrogen and oxygen atoms in total. The zero-order valence-corrected chi connectivity index (χ0v) is 18.5. The number of ether oxygens (including phenoxy) is 1. The van der Waals surface area contributed by atoms with Gasteiger partial charge < -0.3 is 18.7 Å². The van der Waals surface area contributed by atoms with Crippen molar-refractivity contribution >= 4 is 5.91 Å². The van der Waals surface area contributed by atoms with Gasteiger partial charge in [-0.15, -0.1) is 0 Å². The number of carbonyl (C=O) groups is 1. The first-order valence-corrected chi connectivity index (χ1v) is 10.9. The average molecular weight is 444 g/mol. The number of aryl methyl sites for hydroxylation is 1. The molecule has 1 aliphatic heterocycles. The van der Waals surface area contributed by atoms with Gasteiger partial charge in [0.25, 0.3) is 5.91 Å². The highest BCUT2D eigenvalue weighted by Crippen LogP contribution is 2.30. The lowest BCUT2D eigenvalue weighted by Crippen LogP contribution is -2.38. The van der Waals surface area contributed by atoms with E-state index < -0.39 is 0 Å². The molecule has 8 heteroatoms. The first-order valence-electron chi connectivity index (χ1n) is 10.9. The molecule has 0 bridgehead atoms. The van der Waals surface area contributed by atoms with Crippen molar-refractivity contribution in [3.05, 3.63) is 71.7 Å². The first-order chi connectivity index (χ1) is 16.1. The number of carbonyl (C=O) groups excluding carboxylic acids is 1. The predicted octanol–water partition coefficient (Wildman–Crippen LogP) is 4.73. The van der Waals surface area contributed by atoms with Crippen LogP contribution in [-0.2, 0) is 0 Å². The van der Waals surface area contributed by atoms with Gasteiger partial charge in [-0.3, -0.25) is 4.79 Å². The zero-order chi connectivity index (χ0) is 22.8. The third-order valence-corrected chi connectivity index (χ3v) is 5.99. The number of rotatable bonds is 5. The van der Waals surface area contributed by atoms with Crippen molar-refractivity contribution in [3.63, 3.8) is 0 Å². The number of benzene rings is 2. The lowest BCUT2D eigenvalue weighted by atomic mass is 9.96. The Kier molecular flexibility index (Phi) is 5.64. The fourth-order valence-electron chi connectivity index (χ4n) is 3.98. The monoisotopic (exact) mass is 444 g/mol. The van der Waals surface area contributed by atoms with Gasteiger partial charge in [-0.05, 0) is 44.0 Å². The molecule has 1 aliphatic rings. The fourth-order valence-corrected chi connectivity index (χ4v) is 3.98. The molecular formula is C25H24N4O4. The van der Waals surface area contributed by atoms with Gasteiger partial charge in [0, 0.05) is 36.2 Å². The second-order valence-electron chi connectivity index (χ2n) is 8.19. The largest absolute Gasteiger partial charge is 0.497 e. The van der Waals surface area contributed by atoms with E-state index in [0.29, 0.717) is 36.3 Å². The Morgan fingerprint density at radius 3 is 2.36 bits per heavy atom. The maximum atomic E-state index is 12.9. The SMILES string of the molecule is COc1ccc(-c2cc(C(=O)N3CCC(c4nc(-c5ccc(C)cc5)no4)CC3)no2)cc1. The quantitative estimate of drug-likeness (QED) is 0.439. The average Bonchev–Trinajstić information content (AvgIpc) is 3.55. The highest BCUT2D eigenvalue weighted by Gasteiger charge is 2.29. The van der Waals surface area contributed by atoms with Gasteiger partial charge in [0.2, 0.25) is 11.7 Å². The Bertz CT molecular complexity index is 1240. The van der Waals surface area contributed by atoms with Crippen LogP contribution >= 0.6 is 0 Å². The van der Waals surface area contributed by atoms with Gasteiger partial charge in [0.15, 0.2) is 11.5 Å². The lowest BCUT2D eigenvalue weighted by Gasteiger charge is -2.29. The van der Waals surface area contributed by atoms with Crippen LogP contribution in [0.4, 0.5) is 0 Å². The smallest absolute Gasteiger partial charge is 0.276 e. The molecule has 0 spiro atoms. The molecule has 4 aromatic rings. The minimum atomic E-state index is -0.136. The van der Waals surface area contributed by atoms with E-state index in [4.69, 9.17) is 13.8 Å². The Labute approximate surface area is 191 Å². The third-order valence-electron chi connectivity index (χ3n) is 5.99. The lowest BCUT2D eigenvalue weighted by molar-refractivity contribution is 0.0694. The van der Waals surface area contributed by atoms with E-state index in [-0.39, 0.29) is 11.8 Å². The molecule has 0 radical (unpaired) electrons. The normalized spacial score (nSPS) is 14.4. The number of methoxy groups -OCH3 is 1. The molecule has 33 heavy (non-hydrogen) atoms. The van der Waals surface area contributed by atoms with Crippen LogP contribution in [0.3, 0.4) is 0 Å². The predicted molar refractivity (Wildman–Crippen MR) is 121 cm³/mol.